The number of aromatic nitrogens is 3. The zero-order valence-corrected chi connectivity index (χ0v) is 12.2. The van der Waals surface area contributed by atoms with Crippen LogP contribution in [0.15, 0.2) is 48.8 Å². The van der Waals surface area contributed by atoms with E-state index in [0.717, 1.165) is 5.39 Å². The predicted molar refractivity (Wildman–Crippen MR) is 80.4 cm³/mol. The Hall–Kier alpha value is -2.74. The van der Waals surface area contributed by atoms with Crippen LogP contribution in [0, 0.1) is 0 Å². The van der Waals surface area contributed by atoms with Gasteiger partial charge in [0.2, 0.25) is 10.0 Å². The van der Waals surface area contributed by atoms with Gasteiger partial charge in [-0.3, -0.25) is 14.9 Å². The van der Waals surface area contributed by atoms with Crippen LogP contribution in [0.2, 0.25) is 0 Å². The summed E-state index contributed by atoms with van der Waals surface area (Å²) in [4.78, 5) is 16.1. The summed E-state index contributed by atoms with van der Waals surface area (Å²) in [7, 11) is -3.83. The molecule has 0 bridgehead atoms. The molecule has 0 fully saturated rings. The standard InChI is InChI=1S/C14H12N4O3S/c19-14(12-6-3-4-10-8-16-17-13(10)12)18-22(20,21)9-11-5-1-2-7-15-11/h1-8H,9H2,(H,16,17)(H,18,19). The number of H-pyrrole nitrogens is 1. The number of nitrogens with one attached hydrogen (secondary N) is 2. The first-order valence-electron chi connectivity index (χ1n) is 6.42. The van der Waals surface area contributed by atoms with Crippen LogP contribution in [0.1, 0.15) is 16.1 Å². The fourth-order valence-corrected chi connectivity index (χ4v) is 3.09. The average Bonchev–Trinajstić information content (AvgIpc) is 2.95. The third kappa shape index (κ3) is 2.96. The number of para-hydroxylation sites is 1. The van der Waals surface area contributed by atoms with Crippen molar-refractivity contribution in [1.82, 2.24) is 19.9 Å². The van der Waals surface area contributed by atoms with Crippen LogP contribution >= 0.6 is 0 Å². The van der Waals surface area contributed by atoms with Crippen molar-refractivity contribution in [1.29, 1.82) is 0 Å². The third-order valence-corrected chi connectivity index (χ3v) is 4.21. The molecule has 2 heterocycles. The molecule has 0 aliphatic carbocycles. The van der Waals surface area contributed by atoms with E-state index in [0.29, 0.717) is 11.2 Å². The molecule has 0 spiro atoms. The number of rotatable bonds is 4. The molecule has 0 aliphatic rings. The molecule has 7 nitrogen and oxygen atoms in total. The number of nitrogens with zero attached hydrogens (tertiary/aromatic N) is 2. The largest absolute Gasteiger partial charge is 0.277 e. The number of hydrogen-bond acceptors (Lipinski definition) is 5. The minimum absolute atomic E-state index is 0.222. The van der Waals surface area contributed by atoms with Gasteiger partial charge >= 0.3 is 0 Å². The molecule has 3 rings (SSSR count). The second-order valence-electron chi connectivity index (χ2n) is 4.65. The normalized spacial score (nSPS) is 11.5. The van der Waals surface area contributed by atoms with Crippen molar-refractivity contribution in [3.05, 3.63) is 60.0 Å². The van der Waals surface area contributed by atoms with Crippen molar-refractivity contribution in [2.75, 3.05) is 0 Å². The van der Waals surface area contributed by atoms with E-state index in [-0.39, 0.29) is 11.3 Å². The maximum absolute atomic E-state index is 12.2. The van der Waals surface area contributed by atoms with Crippen molar-refractivity contribution in [3.8, 4) is 0 Å². The lowest BCUT2D eigenvalue weighted by molar-refractivity contribution is 0.0983. The first-order valence-corrected chi connectivity index (χ1v) is 8.07. The van der Waals surface area contributed by atoms with E-state index in [2.05, 4.69) is 15.2 Å². The fraction of sp³-hybridized carbons (Fsp3) is 0.0714. The van der Waals surface area contributed by atoms with Gasteiger partial charge in [0.15, 0.2) is 0 Å². The Kier molecular flexibility index (Phi) is 3.60. The maximum atomic E-state index is 12.2. The smallest absolute Gasteiger partial charge is 0.266 e. The molecular formula is C14H12N4O3S. The van der Waals surface area contributed by atoms with Gasteiger partial charge in [0, 0.05) is 11.6 Å². The van der Waals surface area contributed by atoms with Crippen molar-refractivity contribution in [2.24, 2.45) is 0 Å². The van der Waals surface area contributed by atoms with Gasteiger partial charge in [0.25, 0.3) is 5.91 Å². The molecular weight excluding hydrogens is 304 g/mol. The van der Waals surface area contributed by atoms with E-state index in [1.807, 2.05) is 4.72 Å². The number of sulfonamides is 1. The Morgan fingerprint density at radius 1 is 1.18 bits per heavy atom. The van der Waals surface area contributed by atoms with Gasteiger partial charge in [-0.2, -0.15) is 5.10 Å². The topological polar surface area (TPSA) is 105 Å². The Morgan fingerprint density at radius 3 is 2.82 bits per heavy atom. The van der Waals surface area contributed by atoms with Crippen LogP contribution < -0.4 is 4.72 Å². The summed E-state index contributed by atoms with van der Waals surface area (Å²) in [5.41, 5.74) is 1.08. The Balaban J connectivity index is 1.83. The van der Waals surface area contributed by atoms with Crippen LogP contribution in [0.25, 0.3) is 10.9 Å². The number of carbonyl (C=O) groups is 1. The van der Waals surface area contributed by atoms with Crippen molar-refractivity contribution >= 4 is 26.8 Å². The SMILES string of the molecule is O=C(NS(=O)(=O)Cc1ccccn1)c1cccc2cn[nH]c12. The molecule has 0 atom stereocenters. The Labute approximate surface area is 126 Å². The highest BCUT2D eigenvalue weighted by Gasteiger charge is 2.19. The lowest BCUT2D eigenvalue weighted by atomic mass is 10.1. The number of benzene rings is 1. The van der Waals surface area contributed by atoms with Gasteiger partial charge in [0.05, 0.1) is 23.0 Å². The van der Waals surface area contributed by atoms with Crippen LogP contribution in [-0.4, -0.2) is 29.5 Å². The maximum Gasteiger partial charge on any atom is 0.266 e. The molecule has 2 N–H and O–H groups in total. The van der Waals surface area contributed by atoms with Crippen molar-refractivity contribution < 1.29 is 13.2 Å². The van der Waals surface area contributed by atoms with Gasteiger partial charge in [-0.25, -0.2) is 13.1 Å². The summed E-state index contributed by atoms with van der Waals surface area (Å²) in [5, 5.41) is 7.26. The van der Waals surface area contributed by atoms with Crippen molar-refractivity contribution in [3.63, 3.8) is 0 Å². The van der Waals surface area contributed by atoms with E-state index in [4.69, 9.17) is 0 Å². The number of aromatic amines is 1. The number of carbonyl (C=O) groups excluding carboxylic acids is 1. The minimum Gasteiger partial charge on any atom is -0.277 e. The lowest BCUT2D eigenvalue weighted by Crippen LogP contribution is -2.32. The van der Waals surface area contributed by atoms with Gasteiger partial charge in [-0.1, -0.05) is 18.2 Å². The van der Waals surface area contributed by atoms with Gasteiger partial charge in [-0.05, 0) is 18.2 Å². The molecule has 2 aromatic heterocycles. The highest BCUT2D eigenvalue weighted by atomic mass is 32.2. The number of hydrogen-bond donors (Lipinski definition) is 2. The Bertz CT molecular complexity index is 919. The molecule has 1 amide bonds. The summed E-state index contributed by atoms with van der Waals surface area (Å²) in [6.07, 6.45) is 3.06. The highest BCUT2D eigenvalue weighted by Crippen LogP contribution is 2.15. The molecule has 3 aromatic rings. The van der Waals surface area contributed by atoms with E-state index in [9.17, 15) is 13.2 Å². The average molecular weight is 316 g/mol. The predicted octanol–water partition coefficient (Wildman–Crippen LogP) is 1.22. The number of fused-ring (bicyclic) bond motifs is 1. The molecule has 0 unspecified atom stereocenters. The van der Waals surface area contributed by atoms with Crippen molar-refractivity contribution in [2.45, 2.75) is 5.75 Å². The summed E-state index contributed by atoms with van der Waals surface area (Å²) >= 11 is 0. The van der Waals surface area contributed by atoms with E-state index >= 15 is 0 Å². The molecule has 0 saturated carbocycles. The quantitative estimate of drug-likeness (QED) is 0.753. The lowest BCUT2D eigenvalue weighted by Gasteiger charge is -2.07. The summed E-state index contributed by atoms with van der Waals surface area (Å²) < 4.78 is 26.2. The fourth-order valence-electron chi connectivity index (χ4n) is 2.07. The molecule has 1 aromatic carbocycles. The van der Waals surface area contributed by atoms with Crippen LogP contribution in [0.3, 0.4) is 0 Å². The highest BCUT2D eigenvalue weighted by molar-refractivity contribution is 7.89. The van der Waals surface area contributed by atoms with E-state index < -0.39 is 15.9 Å². The molecule has 0 aliphatic heterocycles. The minimum atomic E-state index is -3.83. The van der Waals surface area contributed by atoms with E-state index in [1.54, 1.807) is 36.5 Å². The van der Waals surface area contributed by atoms with E-state index in [1.165, 1.54) is 12.3 Å². The molecule has 112 valence electrons. The zero-order valence-electron chi connectivity index (χ0n) is 11.4. The monoisotopic (exact) mass is 316 g/mol. The zero-order chi connectivity index (χ0) is 15.6. The molecule has 22 heavy (non-hydrogen) atoms. The molecule has 0 saturated heterocycles. The van der Waals surface area contributed by atoms with Gasteiger partial charge < -0.3 is 0 Å². The number of pyridine rings is 1. The van der Waals surface area contributed by atoms with Crippen LogP contribution in [0.5, 0.6) is 0 Å². The second-order valence-corrected chi connectivity index (χ2v) is 6.37. The van der Waals surface area contributed by atoms with Gasteiger partial charge in [0.1, 0.15) is 5.75 Å². The van der Waals surface area contributed by atoms with Crippen LogP contribution in [-0.2, 0) is 15.8 Å². The summed E-state index contributed by atoms with van der Waals surface area (Å²) in [6, 6.07) is 9.93. The Morgan fingerprint density at radius 2 is 2.05 bits per heavy atom. The summed E-state index contributed by atoms with van der Waals surface area (Å²) in [6.45, 7) is 0. The van der Waals surface area contributed by atoms with Gasteiger partial charge in [-0.15, -0.1) is 0 Å². The third-order valence-electron chi connectivity index (χ3n) is 3.03. The summed E-state index contributed by atoms with van der Waals surface area (Å²) in [5.74, 6) is -1.07. The van der Waals surface area contributed by atoms with Crippen LogP contribution in [0.4, 0.5) is 0 Å². The molecule has 0 radical (unpaired) electrons. The first kappa shape index (κ1) is 14.2. The molecule has 8 heteroatoms. The second kappa shape index (κ2) is 5.57. The first-order chi connectivity index (χ1) is 10.6. The number of amides is 1.